The van der Waals surface area contributed by atoms with Crippen LogP contribution in [0.25, 0.3) is 0 Å². The molecule has 0 aliphatic carbocycles. The first-order chi connectivity index (χ1) is 11.5. The number of nitro groups is 1. The SMILES string of the molecule is CCOc1ccccc1NC(=S)Nc1ccc(OC)cc1[N+](=O)[O-]. The van der Waals surface area contributed by atoms with Crippen LogP contribution in [-0.2, 0) is 0 Å². The Bertz CT molecular complexity index is 752. The summed E-state index contributed by atoms with van der Waals surface area (Å²) in [6.07, 6.45) is 0. The smallest absolute Gasteiger partial charge is 0.296 e. The molecule has 7 nitrogen and oxygen atoms in total. The molecule has 0 aromatic heterocycles. The Morgan fingerprint density at radius 1 is 1.21 bits per heavy atom. The van der Waals surface area contributed by atoms with Crippen LogP contribution in [-0.4, -0.2) is 23.8 Å². The summed E-state index contributed by atoms with van der Waals surface area (Å²) in [5, 5.41) is 17.2. The lowest BCUT2D eigenvalue weighted by atomic mass is 10.2. The van der Waals surface area contributed by atoms with Crippen molar-refractivity contribution in [2.75, 3.05) is 24.4 Å². The van der Waals surface area contributed by atoms with Gasteiger partial charge >= 0.3 is 0 Å². The maximum Gasteiger partial charge on any atom is 0.296 e. The van der Waals surface area contributed by atoms with Gasteiger partial charge in [0.05, 0.1) is 30.4 Å². The van der Waals surface area contributed by atoms with Gasteiger partial charge in [0.25, 0.3) is 5.69 Å². The van der Waals surface area contributed by atoms with Crippen LogP contribution < -0.4 is 20.1 Å². The third-order valence-electron chi connectivity index (χ3n) is 3.08. The summed E-state index contributed by atoms with van der Waals surface area (Å²) in [5.41, 5.74) is 0.816. The third kappa shape index (κ3) is 4.32. The van der Waals surface area contributed by atoms with E-state index in [0.717, 1.165) is 0 Å². The Kier molecular flexibility index (Phi) is 5.91. The molecule has 0 saturated heterocycles. The summed E-state index contributed by atoms with van der Waals surface area (Å²) in [6, 6.07) is 11.8. The van der Waals surface area contributed by atoms with E-state index in [4.69, 9.17) is 21.7 Å². The number of thiocarbonyl (C=S) groups is 1. The Morgan fingerprint density at radius 3 is 2.58 bits per heavy atom. The number of rotatable bonds is 6. The van der Waals surface area contributed by atoms with Crippen LogP contribution in [0.15, 0.2) is 42.5 Å². The molecule has 0 radical (unpaired) electrons. The first kappa shape index (κ1) is 17.5. The van der Waals surface area contributed by atoms with Crippen molar-refractivity contribution in [3.63, 3.8) is 0 Å². The number of benzene rings is 2. The van der Waals surface area contributed by atoms with Gasteiger partial charge in [-0.25, -0.2) is 0 Å². The first-order valence-electron chi connectivity index (χ1n) is 7.17. The van der Waals surface area contributed by atoms with E-state index in [2.05, 4.69) is 10.6 Å². The fraction of sp³-hybridized carbons (Fsp3) is 0.188. The van der Waals surface area contributed by atoms with Gasteiger partial charge in [0.1, 0.15) is 17.2 Å². The second-order valence-corrected chi connectivity index (χ2v) is 5.06. The first-order valence-corrected chi connectivity index (χ1v) is 7.58. The van der Waals surface area contributed by atoms with E-state index in [9.17, 15) is 10.1 Å². The maximum absolute atomic E-state index is 11.2. The predicted octanol–water partition coefficient (Wildman–Crippen LogP) is 3.81. The Balaban J connectivity index is 2.17. The van der Waals surface area contributed by atoms with Gasteiger partial charge in [0.2, 0.25) is 0 Å². The molecule has 0 heterocycles. The number of methoxy groups -OCH3 is 1. The van der Waals surface area contributed by atoms with Crippen molar-refractivity contribution in [3.05, 3.63) is 52.6 Å². The molecular formula is C16H17N3O4S. The van der Waals surface area contributed by atoms with E-state index in [0.29, 0.717) is 23.8 Å². The van der Waals surface area contributed by atoms with Crippen LogP contribution in [0, 0.1) is 10.1 Å². The number of hydrogen-bond acceptors (Lipinski definition) is 5. The molecule has 0 unspecified atom stereocenters. The van der Waals surface area contributed by atoms with E-state index in [1.807, 2.05) is 25.1 Å². The topological polar surface area (TPSA) is 85.7 Å². The number of para-hydroxylation sites is 2. The van der Waals surface area contributed by atoms with Crippen molar-refractivity contribution in [2.45, 2.75) is 6.92 Å². The van der Waals surface area contributed by atoms with Gasteiger partial charge in [0.15, 0.2) is 5.11 Å². The van der Waals surface area contributed by atoms with Crippen molar-refractivity contribution >= 4 is 34.4 Å². The standard InChI is InChI=1S/C16H17N3O4S/c1-3-23-15-7-5-4-6-13(15)18-16(24)17-12-9-8-11(22-2)10-14(12)19(20)21/h4-10H,3H2,1-2H3,(H2,17,18,24). The minimum Gasteiger partial charge on any atom is -0.496 e. The van der Waals surface area contributed by atoms with Gasteiger partial charge in [0, 0.05) is 0 Å². The average Bonchev–Trinajstić information content (AvgIpc) is 2.57. The number of nitrogens with zero attached hydrogens (tertiary/aromatic N) is 1. The van der Waals surface area contributed by atoms with Crippen molar-refractivity contribution in [3.8, 4) is 11.5 Å². The molecule has 0 fully saturated rings. The summed E-state index contributed by atoms with van der Waals surface area (Å²) in [6.45, 7) is 2.40. The molecule has 2 aromatic rings. The highest BCUT2D eigenvalue weighted by Gasteiger charge is 2.16. The molecule has 2 rings (SSSR count). The molecule has 0 spiro atoms. The zero-order chi connectivity index (χ0) is 17.5. The van der Waals surface area contributed by atoms with E-state index >= 15 is 0 Å². The molecule has 2 aromatic carbocycles. The predicted molar refractivity (Wildman–Crippen MR) is 97.1 cm³/mol. The normalized spacial score (nSPS) is 9.92. The lowest BCUT2D eigenvalue weighted by Gasteiger charge is -2.14. The fourth-order valence-corrected chi connectivity index (χ4v) is 2.24. The monoisotopic (exact) mass is 347 g/mol. The molecular weight excluding hydrogens is 330 g/mol. The molecule has 2 N–H and O–H groups in total. The summed E-state index contributed by atoms with van der Waals surface area (Å²) in [5.74, 6) is 1.04. The summed E-state index contributed by atoms with van der Waals surface area (Å²) >= 11 is 5.24. The lowest BCUT2D eigenvalue weighted by molar-refractivity contribution is -0.384. The minimum atomic E-state index is -0.498. The highest BCUT2D eigenvalue weighted by molar-refractivity contribution is 7.80. The van der Waals surface area contributed by atoms with Crippen LogP contribution in [0.2, 0.25) is 0 Å². The molecule has 8 heteroatoms. The highest BCUT2D eigenvalue weighted by atomic mass is 32.1. The van der Waals surface area contributed by atoms with Crippen molar-refractivity contribution in [2.24, 2.45) is 0 Å². The molecule has 0 amide bonds. The number of nitrogens with one attached hydrogen (secondary N) is 2. The molecule has 0 aliphatic rings. The Hall–Kier alpha value is -2.87. The molecule has 0 saturated carbocycles. The van der Waals surface area contributed by atoms with E-state index < -0.39 is 4.92 Å². The van der Waals surface area contributed by atoms with Crippen LogP contribution >= 0.6 is 12.2 Å². The van der Waals surface area contributed by atoms with Gasteiger partial charge in [-0.1, -0.05) is 12.1 Å². The molecule has 0 bridgehead atoms. The lowest BCUT2D eigenvalue weighted by Crippen LogP contribution is -2.20. The van der Waals surface area contributed by atoms with Crippen LogP contribution in [0.3, 0.4) is 0 Å². The number of hydrogen-bond donors (Lipinski definition) is 2. The summed E-state index contributed by atoms with van der Waals surface area (Å²) < 4.78 is 10.5. The molecule has 24 heavy (non-hydrogen) atoms. The molecule has 0 atom stereocenters. The van der Waals surface area contributed by atoms with Crippen LogP contribution in [0.1, 0.15) is 6.92 Å². The quantitative estimate of drug-likeness (QED) is 0.467. The Morgan fingerprint density at radius 2 is 1.92 bits per heavy atom. The zero-order valence-corrected chi connectivity index (χ0v) is 14.1. The maximum atomic E-state index is 11.2. The van der Waals surface area contributed by atoms with Gasteiger partial charge in [-0.3, -0.25) is 10.1 Å². The number of anilines is 2. The van der Waals surface area contributed by atoms with Gasteiger partial charge < -0.3 is 20.1 Å². The number of nitro benzene ring substituents is 1. The average molecular weight is 347 g/mol. The molecule has 126 valence electrons. The Labute approximate surface area is 144 Å². The molecule has 0 aliphatic heterocycles. The van der Waals surface area contributed by atoms with Crippen LogP contribution in [0.4, 0.5) is 17.1 Å². The van der Waals surface area contributed by atoms with Crippen molar-refractivity contribution in [1.82, 2.24) is 0 Å². The fourth-order valence-electron chi connectivity index (χ4n) is 2.02. The van der Waals surface area contributed by atoms with Crippen molar-refractivity contribution < 1.29 is 14.4 Å². The van der Waals surface area contributed by atoms with Gasteiger partial charge in [-0.05, 0) is 43.4 Å². The summed E-state index contributed by atoms with van der Waals surface area (Å²) in [7, 11) is 1.45. The van der Waals surface area contributed by atoms with Gasteiger partial charge in [-0.2, -0.15) is 0 Å². The van der Waals surface area contributed by atoms with E-state index in [1.165, 1.54) is 13.2 Å². The second-order valence-electron chi connectivity index (χ2n) is 4.65. The number of ether oxygens (including phenoxy) is 2. The minimum absolute atomic E-state index is 0.128. The highest BCUT2D eigenvalue weighted by Crippen LogP contribution is 2.29. The van der Waals surface area contributed by atoms with E-state index in [1.54, 1.807) is 18.2 Å². The largest absolute Gasteiger partial charge is 0.496 e. The van der Waals surface area contributed by atoms with Gasteiger partial charge in [-0.15, -0.1) is 0 Å². The van der Waals surface area contributed by atoms with Crippen molar-refractivity contribution in [1.29, 1.82) is 0 Å². The summed E-state index contributed by atoms with van der Waals surface area (Å²) in [4.78, 5) is 10.7. The van der Waals surface area contributed by atoms with Crippen LogP contribution in [0.5, 0.6) is 11.5 Å². The zero-order valence-electron chi connectivity index (χ0n) is 13.2. The second kappa shape index (κ2) is 8.11. The third-order valence-corrected chi connectivity index (χ3v) is 3.29. The van der Waals surface area contributed by atoms with E-state index in [-0.39, 0.29) is 16.5 Å².